The van der Waals surface area contributed by atoms with E-state index >= 15 is 0 Å². The highest BCUT2D eigenvalue weighted by Crippen LogP contribution is 2.33. The number of carbonyl (C=O) groups excluding carboxylic acids is 1. The summed E-state index contributed by atoms with van der Waals surface area (Å²) >= 11 is 1.40. The van der Waals surface area contributed by atoms with Crippen LogP contribution in [0.5, 0.6) is 11.5 Å². The van der Waals surface area contributed by atoms with Gasteiger partial charge in [-0.2, -0.15) is 0 Å². The summed E-state index contributed by atoms with van der Waals surface area (Å²) in [6.45, 7) is 1.82. The van der Waals surface area contributed by atoms with E-state index in [2.05, 4.69) is 20.2 Å². The second kappa shape index (κ2) is 8.59. The first-order valence-electron chi connectivity index (χ1n) is 9.29. The van der Waals surface area contributed by atoms with Crippen molar-refractivity contribution in [3.05, 3.63) is 53.0 Å². The maximum absolute atomic E-state index is 12.5. The summed E-state index contributed by atoms with van der Waals surface area (Å²) in [6.07, 6.45) is 2.59. The summed E-state index contributed by atoms with van der Waals surface area (Å²) < 4.78 is 10.8. The third kappa shape index (κ3) is 4.38. The van der Waals surface area contributed by atoms with Gasteiger partial charge in [-0.3, -0.25) is 14.7 Å². The molecule has 1 amide bonds. The summed E-state index contributed by atoms with van der Waals surface area (Å²) in [7, 11) is 3.27. The van der Waals surface area contributed by atoms with Crippen LogP contribution in [0.4, 0.5) is 5.13 Å². The lowest BCUT2D eigenvalue weighted by Gasteiger charge is -2.28. The summed E-state index contributed by atoms with van der Waals surface area (Å²) in [4.78, 5) is 23.4. The number of ether oxygens (including phenoxy) is 2. The number of amides is 1. The zero-order valence-electron chi connectivity index (χ0n) is 16.3. The van der Waals surface area contributed by atoms with Gasteiger partial charge in [0.15, 0.2) is 16.6 Å². The Bertz CT molecular complexity index is 1010. The van der Waals surface area contributed by atoms with Crippen molar-refractivity contribution < 1.29 is 14.3 Å². The Kier molecular flexibility index (Phi) is 5.73. The van der Waals surface area contributed by atoms with Gasteiger partial charge < -0.3 is 14.8 Å². The van der Waals surface area contributed by atoms with E-state index < -0.39 is 0 Å². The number of nitrogens with one attached hydrogen (secondary N) is 1. The number of methoxy groups -OCH3 is 2. The summed E-state index contributed by atoms with van der Waals surface area (Å²) in [6, 6.07) is 9.70. The van der Waals surface area contributed by atoms with Crippen molar-refractivity contribution in [3.63, 3.8) is 0 Å². The molecule has 1 N–H and O–H groups in total. The highest BCUT2D eigenvalue weighted by molar-refractivity contribution is 7.14. The Balaban J connectivity index is 1.38. The fourth-order valence-electron chi connectivity index (χ4n) is 3.40. The lowest BCUT2D eigenvalue weighted by Crippen LogP contribution is -2.37. The zero-order chi connectivity index (χ0) is 20.2. The molecule has 2 aromatic heterocycles. The van der Waals surface area contributed by atoms with Crippen molar-refractivity contribution in [2.45, 2.75) is 13.0 Å². The van der Waals surface area contributed by atoms with E-state index in [1.807, 2.05) is 35.7 Å². The molecule has 7 nitrogen and oxygen atoms in total. The van der Waals surface area contributed by atoms with Crippen LogP contribution in [0.3, 0.4) is 0 Å². The number of hydrogen-bond donors (Lipinski definition) is 1. The first-order valence-corrected chi connectivity index (χ1v) is 10.2. The summed E-state index contributed by atoms with van der Waals surface area (Å²) in [5.74, 6) is 1.38. The molecule has 1 aliphatic rings. The summed E-state index contributed by atoms with van der Waals surface area (Å²) in [5.41, 5.74) is 3.95. The number of carbonyl (C=O) groups is 1. The molecule has 0 saturated heterocycles. The molecule has 0 bridgehead atoms. The molecule has 0 aliphatic carbocycles. The number of hydrogen-bond acceptors (Lipinski definition) is 7. The molecule has 0 spiro atoms. The number of thiazole rings is 1. The second-order valence-electron chi connectivity index (χ2n) is 6.74. The summed E-state index contributed by atoms with van der Waals surface area (Å²) in [5, 5.41) is 5.38. The molecular weight excluding hydrogens is 388 g/mol. The molecule has 0 fully saturated rings. The number of aromatic nitrogens is 2. The van der Waals surface area contributed by atoms with Crippen LogP contribution in [0.1, 0.15) is 11.1 Å². The standard InChI is InChI=1S/C21H22N4O3S/c1-27-18-9-14-6-8-25(11-15(14)10-19(18)28-2)12-20(26)24-21-23-17(13-29-21)16-5-3-4-7-22-16/h3-5,7,9-10,13H,6,8,11-12H2,1-2H3,(H,23,24,26). The normalized spacial score (nSPS) is 13.6. The van der Waals surface area contributed by atoms with E-state index in [-0.39, 0.29) is 5.91 Å². The molecule has 29 heavy (non-hydrogen) atoms. The van der Waals surface area contributed by atoms with E-state index in [0.29, 0.717) is 24.0 Å². The van der Waals surface area contributed by atoms with Crippen molar-refractivity contribution in [1.29, 1.82) is 0 Å². The van der Waals surface area contributed by atoms with Crippen LogP contribution in [0.2, 0.25) is 0 Å². The molecule has 3 heterocycles. The lowest BCUT2D eigenvalue weighted by atomic mass is 9.99. The molecular formula is C21H22N4O3S. The molecule has 0 radical (unpaired) electrons. The van der Waals surface area contributed by atoms with Gasteiger partial charge in [0.05, 0.1) is 26.5 Å². The van der Waals surface area contributed by atoms with Gasteiger partial charge in [-0.1, -0.05) is 6.07 Å². The monoisotopic (exact) mass is 410 g/mol. The molecule has 150 valence electrons. The first-order chi connectivity index (χ1) is 14.2. The van der Waals surface area contributed by atoms with Crippen molar-refractivity contribution in [1.82, 2.24) is 14.9 Å². The minimum atomic E-state index is -0.0733. The quantitative estimate of drug-likeness (QED) is 0.672. The van der Waals surface area contributed by atoms with Crippen LogP contribution in [-0.4, -0.2) is 48.1 Å². The number of rotatable bonds is 6. The number of benzene rings is 1. The Morgan fingerprint density at radius 1 is 1.17 bits per heavy atom. The highest BCUT2D eigenvalue weighted by atomic mass is 32.1. The maximum Gasteiger partial charge on any atom is 0.240 e. The van der Waals surface area contributed by atoms with Crippen molar-refractivity contribution in [2.75, 3.05) is 32.6 Å². The first kappa shape index (κ1) is 19.4. The molecule has 4 rings (SSSR count). The average molecular weight is 410 g/mol. The van der Waals surface area contributed by atoms with E-state index in [0.717, 1.165) is 35.7 Å². The van der Waals surface area contributed by atoms with Gasteiger partial charge in [0, 0.05) is 24.7 Å². The van der Waals surface area contributed by atoms with Gasteiger partial charge in [0.25, 0.3) is 0 Å². The Morgan fingerprint density at radius 2 is 1.97 bits per heavy atom. The Hall–Kier alpha value is -2.97. The predicted molar refractivity (Wildman–Crippen MR) is 113 cm³/mol. The minimum absolute atomic E-state index is 0.0733. The fraction of sp³-hybridized carbons (Fsp3) is 0.286. The van der Waals surface area contributed by atoms with Gasteiger partial charge in [-0.25, -0.2) is 4.98 Å². The van der Waals surface area contributed by atoms with E-state index in [9.17, 15) is 4.79 Å². The smallest absolute Gasteiger partial charge is 0.240 e. The average Bonchev–Trinajstić information content (AvgIpc) is 3.21. The van der Waals surface area contributed by atoms with Gasteiger partial charge in [0.1, 0.15) is 5.69 Å². The van der Waals surface area contributed by atoms with Crippen LogP contribution in [0.15, 0.2) is 41.9 Å². The number of anilines is 1. The maximum atomic E-state index is 12.5. The Labute approximate surface area is 173 Å². The largest absolute Gasteiger partial charge is 0.493 e. The predicted octanol–water partition coefficient (Wildman–Crippen LogP) is 3.22. The van der Waals surface area contributed by atoms with Gasteiger partial charge >= 0.3 is 0 Å². The number of nitrogens with zero attached hydrogens (tertiary/aromatic N) is 3. The van der Waals surface area contributed by atoms with E-state index in [1.165, 1.54) is 16.9 Å². The molecule has 0 unspecified atom stereocenters. The van der Waals surface area contributed by atoms with E-state index in [4.69, 9.17) is 9.47 Å². The van der Waals surface area contributed by atoms with Crippen LogP contribution in [0, 0.1) is 0 Å². The molecule has 0 saturated carbocycles. The van der Waals surface area contributed by atoms with Gasteiger partial charge in [-0.05, 0) is 41.8 Å². The van der Waals surface area contributed by atoms with Crippen molar-refractivity contribution in [3.8, 4) is 22.9 Å². The topological polar surface area (TPSA) is 76.6 Å². The minimum Gasteiger partial charge on any atom is -0.493 e. The van der Waals surface area contributed by atoms with Crippen LogP contribution in [-0.2, 0) is 17.8 Å². The van der Waals surface area contributed by atoms with Crippen LogP contribution >= 0.6 is 11.3 Å². The fourth-order valence-corrected chi connectivity index (χ4v) is 4.12. The van der Waals surface area contributed by atoms with Gasteiger partial charge in [0.2, 0.25) is 5.91 Å². The molecule has 1 aromatic carbocycles. The van der Waals surface area contributed by atoms with Crippen LogP contribution in [0.25, 0.3) is 11.4 Å². The van der Waals surface area contributed by atoms with Gasteiger partial charge in [-0.15, -0.1) is 11.3 Å². The number of pyridine rings is 1. The lowest BCUT2D eigenvalue weighted by molar-refractivity contribution is -0.117. The molecule has 1 aliphatic heterocycles. The number of fused-ring (bicyclic) bond motifs is 1. The SMILES string of the molecule is COc1cc2c(cc1OC)CN(CC(=O)Nc1nc(-c3ccccn3)cs1)CC2. The second-order valence-corrected chi connectivity index (χ2v) is 7.60. The van der Waals surface area contributed by atoms with Crippen molar-refractivity contribution >= 4 is 22.4 Å². The molecule has 8 heteroatoms. The highest BCUT2D eigenvalue weighted by Gasteiger charge is 2.21. The molecule has 3 aromatic rings. The Morgan fingerprint density at radius 3 is 2.69 bits per heavy atom. The molecule has 0 atom stereocenters. The van der Waals surface area contributed by atoms with E-state index in [1.54, 1.807) is 20.4 Å². The third-order valence-electron chi connectivity index (χ3n) is 4.84. The third-order valence-corrected chi connectivity index (χ3v) is 5.60. The van der Waals surface area contributed by atoms with Crippen LogP contribution < -0.4 is 14.8 Å². The zero-order valence-corrected chi connectivity index (χ0v) is 17.2. The van der Waals surface area contributed by atoms with Crippen molar-refractivity contribution in [2.24, 2.45) is 0 Å².